The summed E-state index contributed by atoms with van der Waals surface area (Å²) in [6, 6.07) is 0.433. The maximum atomic E-state index is 5.70. The largest absolute Gasteiger partial charge is 0.468 e. The second-order valence-corrected chi connectivity index (χ2v) is 8.35. The van der Waals surface area contributed by atoms with Crippen molar-refractivity contribution < 1.29 is 9.47 Å². The van der Waals surface area contributed by atoms with Gasteiger partial charge >= 0.3 is 6.02 Å². The van der Waals surface area contributed by atoms with E-state index in [-0.39, 0.29) is 0 Å². The molecule has 19 heavy (non-hydrogen) atoms. The first-order valence-corrected chi connectivity index (χ1v) is 8.59. The highest BCUT2D eigenvalue weighted by Crippen LogP contribution is 2.22. The molecule has 1 heterocycles. The van der Waals surface area contributed by atoms with Crippen molar-refractivity contribution in [2.24, 2.45) is 9.98 Å². The summed E-state index contributed by atoms with van der Waals surface area (Å²) in [6.07, 6.45) is 0. The standard InChI is InChI=1S/C13H24N2O2S2/c1-9(2)18-7-16-11-13(5,6)15-12(14-11)17-8-19-10(3)4/h9-10H,7-8H2,1-6H3. The molecular weight excluding hydrogens is 280 g/mol. The van der Waals surface area contributed by atoms with Gasteiger partial charge in [-0.1, -0.05) is 27.7 Å². The van der Waals surface area contributed by atoms with Crippen molar-refractivity contribution in [3.63, 3.8) is 0 Å². The van der Waals surface area contributed by atoms with E-state index in [1.807, 2.05) is 13.8 Å². The van der Waals surface area contributed by atoms with Gasteiger partial charge in [-0.25, -0.2) is 4.99 Å². The molecular formula is C13H24N2O2S2. The van der Waals surface area contributed by atoms with E-state index in [9.17, 15) is 0 Å². The lowest BCUT2D eigenvalue weighted by atomic mass is 10.1. The van der Waals surface area contributed by atoms with Crippen LogP contribution in [-0.2, 0) is 9.47 Å². The van der Waals surface area contributed by atoms with Crippen molar-refractivity contribution in [3.8, 4) is 0 Å². The molecule has 0 fully saturated rings. The molecule has 0 saturated heterocycles. The van der Waals surface area contributed by atoms with Crippen LogP contribution in [0.5, 0.6) is 0 Å². The van der Waals surface area contributed by atoms with E-state index < -0.39 is 5.54 Å². The zero-order valence-corrected chi connectivity index (χ0v) is 14.2. The van der Waals surface area contributed by atoms with E-state index in [0.717, 1.165) is 0 Å². The molecule has 1 aliphatic rings. The number of ether oxygens (including phenoxy) is 2. The van der Waals surface area contributed by atoms with Crippen LogP contribution in [0.2, 0.25) is 0 Å². The maximum Gasteiger partial charge on any atom is 0.316 e. The Morgan fingerprint density at radius 1 is 1.00 bits per heavy atom. The van der Waals surface area contributed by atoms with Gasteiger partial charge in [0.25, 0.3) is 0 Å². The average Bonchev–Trinajstić information content (AvgIpc) is 2.52. The van der Waals surface area contributed by atoms with Crippen molar-refractivity contribution in [2.75, 3.05) is 11.9 Å². The molecule has 6 heteroatoms. The summed E-state index contributed by atoms with van der Waals surface area (Å²) >= 11 is 3.47. The zero-order chi connectivity index (χ0) is 14.5. The molecule has 0 radical (unpaired) electrons. The van der Waals surface area contributed by atoms with Crippen LogP contribution in [0.15, 0.2) is 9.98 Å². The van der Waals surface area contributed by atoms with E-state index in [0.29, 0.717) is 34.3 Å². The Bertz CT molecular complexity index is 353. The topological polar surface area (TPSA) is 43.2 Å². The fourth-order valence-corrected chi connectivity index (χ4v) is 2.16. The van der Waals surface area contributed by atoms with Crippen LogP contribution >= 0.6 is 23.5 Å². The molecule has 0 atom stereocenters. The van der Waals surface area contributed by atoms with Gasteiger partial charge < -0.3 is 9.47 Å². The van der Waals surface area contributed by atoms with Crippen LogP contribution in [0, 0.1) is 0 Å². The second-order valence-electron chi connectivity index (χ2n) is 5.33. The van der Waals surface area contributed by atoms with Crippen LogP contribution < -0.4 is 0 Å². The van der Waals surface area contributed by atoms with Gasteiger partial charge in [0.05, 0.1) is 0 Å². The summed E-state index contributed by atoms with van der Waals surface area (Å²) in [5, 5.41) is 1.08. The third-order valence-corrected chi connectivity index (χ3v) is 4.12. The van der Waals surface area contributed by atoms with E-state index in [1.165, 1.54) is 0 Å². The Morgan fingerprint density at radius 2 is 1.53 bits per heavy atom. The minimum Gasteiger partial charge on any atom is -0.468 e. The molecule has 0 unspecified atom stereocenters. The van der Waals surface area contributed by atoms with Crippen molar-refractivity contribution in [2.45, 2.75) is 57.6 Å². The Balaban J connectivity index is 2.45. The van der Waals surface area contributed by atoms with E-state index in [2.05, 4.69) is 37.7 Å². The minimum absolute atomic E-state index is 0.421. The number of nitrogens with zero attached hydrogens (tertiary/aromatic N) is 2. The number of aliphatic imine (C=N–C) groups is 2. The number of hydrogen-bond donors (Lipinski definition) is 0. The monoisotopic (exact) mass is 304 g/mol. The van der Waals surface area contributed by atoms with E-state index in [4.69, 9.17) is 9.47 Å². The van der Waals surface area contributed by atoms with Crippen molar-refractivity contribution in [1.29, 1.82) is 0 Å². The summed E-state index contributed by atoms with van der Waals surface area (Å²) < 4.78 is 11.2. The third kappa shape index (κ3) is 6.08. The Hall–Kier alpha value is -0.360. The molecule has 0 bridgehead atoms. The maximum absolute atomic E-state index is 5.70. The minimum atomic E-state index is -0.421. The summed E-state index contributed by atoms with van der Waals surface area (Å²) in [6.45, 7) is 12.5. The number of rotatable bonds is 6. The van der Waals surface area contributed by atoms with Crippen molar-refractivity contribution in [3.05, 3.63) is 0 Å². The van der Waals surface area contributed by atoms with Crippen LogP contribution in [0.1, 0.15) is 41.5 Å². The Labute approximate surface area is 124 Å². The van der Waals surface area contributed by atoms with Crippen LogP contribution in [0.4, 0.5) is 0 Å². The van der Waals surface area contributed by atoms with Crippen molar-refractivity contribution in [1.82, 2.24) is 0 Å². The van der Waals surface area contributed by atoms with Crippen molar-refractivity contribution >= 4 is 35.4 Å². The highest BCUT2D eigenvalue weighted by molar-refractivity contribution is 7.99. The first-order chi connectivity index (χ1) is 8.81. The fourth-order valence-electron chi connectivity index (χ4n) is 1.26. The molecule has 0 aromatic carbocycles. The quantitative estimate of drug-likeness (QED) is 0.701. The normalized spacial score (nSPS) is 17.7. The molecule has 0 aliphatic carbocycles. The highest BCUT2D eigenvalue weighted by Gasteiger charge is 2.33. The summed E-state index contributed by atoms with van der Waals surface area (Å²) in [7, 11) is 0. The first kappa shape index (κ1) is 16.7. The fraction of sp³-hybridized carbons (Fsp3) is 0.846. The van der Waals surface area contributed by atoms with Crippen LogP contribution in [0.25, 0.3) is 0 Å². The molecule has 0 N–H and O–H groups in total. The predicted octanol–water partition coefficient (Wildman–Crippen LogP) is 3.76. The third-order valence-electron chi connectivity index (χ3n) is 2.28. The van der Waals surface area contributed by atoms with Gasteiger partial charge in [0.2, 0.25) is 5.90 Å². The highest BCUT2D eigenvalue weighted by atomic mass is 32.2. The van der Waals surface area contributed by atoms with Gasteiger partial charge in [-0.3, -0.25) is 0 Å². The lowest BCUT2D eigenvalue weighted by Crippen LogP contribution is -2.28. The van der Waals surface area contributed by atoms with Gasteiger partial charge in [0.15, 0.2) is 0 Å². The molecule has 0 spiro atoms. The molecule has 110 valence electrons. The molecule has 0 aromatic rings. The number of hydrogen-bond acceptors (Lipinski definition) is 6. The van der Waals surface area contributed by atoms with Gasteiger partial charge in [-0.15, -0.1) is 23.5 Å². The molecule has 1 aliphatic heterocycles. The Morgan fingerprint density at radius 3 is 2.05 bits per heavy atom. The van der Waals surface area contributed by atoms with Gasteiger partial charge in [-0.05, 0) is 13.8 Å². The van der Waals surface area contributed by atoms with Crippen LogP contribution in [-0.4, -0.2) is 39.8 Å². The molecule has 4 nitrogen and oxygen atoms in total. The lowest BCUT2D eigenvalue weighted by Gasteiger charge is -2.17. The summed E-state index contributed by atoms with van der Waals surface area (Å²) in [4.78, 5) is 8.77. The van der Waals surface area contributed by atoms with Gasteiger partial charge in [-0.2, -0.15) is 4.99 Å². The Kier molecular flexibility index (Phi) is 6.53. The molecule has 0 aromatic heterocycles. The molecule has 0 amide bonds. The molecule has 1 rings (SSSR count). The van der Waals surface area contributed by atoms with Gasteiger partial charge in [0, 0.05) is 10.5 Å². The smallest absolute Gasteiger partial charge is 0.316 e. The number of amidine groups is 1. The number of thioether (sulfide) groups is 2. The lowest BCUT2D eigenvalue weighted by molar-refractivity contribution is 0.347. The average molecular weight is 304 g/mol. The zero-order valence-electron chi connectivity index (χ0n) is 12.6. The van der Waals surface area contributed by atoms with E-state index in [1.54, 1.807) is 23.5 Å². The summed E-state index contributed by atoms with van der Waals surface area (Å²) in [5.74, 6) is 1.82. The predicted molar refractivity (Wildman–Crippen MR) is 86.3 cm³/mol. The van der Waals surface area contributed by atoms with Crippen LogP contribution in [0.3, 0.4) is 0 Å². The SMILES string of the molecule is CC(C)SCOC1=NC(C)(C)C(OCSC(C)C)=N1. The second kappa shape index (κ2) is 7.43. The van der Waals surface area contributed by atoms with Gasteiger partial charge in [0.1, 0.15) is 17.4 Å². The first-order valence-electron chi connectivity index (χ1n) is 6.49. The van der Waals surface area contributed by atoms with E-state index >= 15 is 0 Å². The summed E-state index contributed by atoms with van der Waals surface area (Å²) in [5.41, 5.74) is -0.421. The molecule has 0 saturated carbocycles.